The number of nitrogens with zero attached hydrogens (tertiary/aromatic N) is 1. The molecule has 60 valence electrons. The van der Waals surface area contributed by atoms with Gasteiger partial charge in [0.05, 0.1) is 5.69 Å². The molecule has 0 atom stereocenters. The van der Waals surface area contributed by atoms with Gasteiger partial charge in [-0.1, -0.05) is 0 Å². The summed E-state index contributed by atoms with van der Waals surface area (Å²) in [5.74, 6) is 0. The number of hydrogen-bond donors (Lipinski definition) is 0. The highest BCUT2D eigenvalue weighted by atomic mass is 127. The first-order chi connectivity index (χ1) is 5.13. The molecule has 0 saturated heterocycles. The van der Waals surface area contributed by atoms with Crippen LogP contribution in [0.4, 0.5) is 8.78 Å². The van der Waals surface area contributed by atoms with Crippen LogP contribution in [0.2, 0.25) is 0 Å². The summed E-state index contributed by atoms with van der Waals surface area (Å²) in [5, 5.41) is 0. The van der Waals surface area contributed by atoms with E-state index in [4.69, 9.17) is 0 Å². The van der Waals surface area contributed by atoms with E-state index in [1.807, 2.05) is 22.6 Å². The van der Waals surface area contributed by atoms with E-state index in [-0.39, 0.29) is 5.56 Å². The largest absolute Gasteiger partial charge is 0.264 e. The van der Waals surface area contributed by atoms with Crippen LogP contribution in [0.15, 0.2) is 12.3 Å². The Morgan fingerprint density at radius 3 is 2.64 bits per heavy atom. The molecule has 0 bridgehead atoms. The third-order valence-corrected chi connectivity index (χ3v) is 2.73. The third kappa shape index (κ3) is 1.85. The van der Waals surface area contributed by atoms with E-state index in [0.717, 1.165) is 0 Å². The molecule has 4 heteroatoms. The van der Waals surface area contributed by atoms with Crippen molar-refractivity contribution in [3.8, 4) is 0 Å². The van der Waals surface area contributed by atoms with Crippen molar-refractivity contribution < 1.29 is 8.78 Å². The fourth-order valence-electron chi connectivity index (χ4n) is 0.737. The Morgan fingerprint density at radius 1 is 1.55 bits per heavy atom. The van der Waals surface area contributed by atoms with Gasteiger partial charge in [-0.15, -0.1) is 0 Å². The molecule has 0 radical (unpaired) electrons. The standard InChI is InChI=1S/C7H6F2IN/c1-4-6(10)5(7(8)9)2-3-11-4/h2-3,7H,1H3. The first kappa shape index (κ1) is 8.83. The molecule has 0 aromatic carbocycles. The van der Waals surface area contributed by atoms with E-state index < -0.39 is 6.43 Å². The van der Waals surface area contributed by atoms with E-state index in [2.05, 4.69) is 4.98 Å². The molecular weight excluding hydrogens is 263 g/mol. The lowest BCUT2D eigenvalue weighted by molar-refractivity contribution is 0.150. The maximum atomic E-state index is 12.2. The molecule has 11 heavy (non-hydrogen) atoms. The van der Waals surface area contributed by atoms with Gasteiger partial charge in [0, 0.05) is 15.3 Å². The molecule has 1 aromatic heterocycles. The average molecular weight is 269 g/mol. The molecule has 0 unspecified atom stereocenters. The van der Waals surface area contributed by atoms with Gasteiger partial charge in [0.25, 0.3) is 6.43 Å². The smallest absolute Gasteiger partial charge is 0.260 e. The Kier molecular flexibility index (Phi) is 2.75. The zero-order valence-corrected chi connectivity index (χ0v) is 7.97. The fraction of sp³-hybridized carbons (Fsp3) is 0.286. The van der Waals surface area contributed by atoms with Crippen LogP contribution < -0.4 is 0 Å². The molecule has 1 rings (SSSR count). The van der Waals surface area contributed by atoms with Gasteiger partial charge >= 0.3 is 0 Å². The van der Waals surface area contributed by atoms with E-state index in [0.29, 0.717) is 9.26 Å². The molecule has 1 nitrogen and oxygen atoms in total. The summed E-state index contributed by atoms with van der Waals surface area (Å²) < 4.78 is 24.9. The minimum Gasteiger partial charge on any atom is -0.260 e. The Balaban J connectivity index is 3.17. The number of halogens is 3. The zero-order chi connectivity index (χ0) is 8.43. The number of pyridine rings is 1. The van der Waals surface area contributed by atoms with Crippen LogP contribution in [0.3, 0.4) is 0 Å². The average Bonchev–Trinajstić information content (AvgIpc) is 1.94. The fourth-order valence-corrected chi connectivity index (χ4v) is 1.29. The monoisotopic (exact) mass is 269 g/mol. The van der Waals surface area contributed by atoms with E-state index >= 15 is 0 Å². The Labute approximate surface area is 77.0 Å². The lowest BCUT2D eigenvalue weighted by atomic mass is 10.2. The van der Waals surface area contributed by atoms with Gasteiger partial charge in [-0.25, -0.2) is 8.78 Å². The summed E-state index contributed by atoms with van der Waals surface area (Å²) in [6.45, 7) is 1.72. The first-order valence-electron chi connectivity index (χ1n) is 3.02. The van der Waals surface area contributed by atoms with Crippen molar-refractivity contribution in [2.45, 2.75) is 13.3 Å². The van der Waals surface area contributed by atoms with E-state index in [1.165, 1.54) is 12.3 Å². The molecule has 0 aliphatic rings. The van der Waals surface area contributed by atoms with Crippen LogP contribution in [0, 0.1) is 10.5 Å². The van der Waals surface area contributed by atoms with Crippen molar-refractivity contribution in [2.24, 2.45) is 0 Å². The topological polar surface area (TPSA) is 12.9 Å². The van der Waals surface area contributed by atoms with Crippen molar-refractivity contribution in [3.05, 3.63) is 27.1 Å². The minimum absolute atomic E-state index is 0.0677. The van der Waals surface area contributed by atoms with Gasteiger partial charge in [-0.2, -0.15) is 0 Å². The van der Waals surface area contributed by atoms with Gasteiger partial charge in [-0.05, 0) is 35.6 Å². The summed E-state index contributed by atoms with van der Waals surface area (Å²) in [4.78, 5) is 3.88. The molecule has 1 aromatic rings. The van der Waals surface area contributed by atoms with Crippen LogP contribution in [-0.4, -0.2) is 4.98 Å². The summed E-state index contributed by atoms with van der Waals surface area (Å²) in [7, 11) is 0. The molecule has 0 aliphatic heterocycles. The normalized spacial score (nSPS) is 10.6. The summed E-state index contributed by atoms with van der Waals surface area (Å²) in [5.41, 5.74) is 0.724. The molecule has 0 spiro atoms. The first-order valence-corrected chi connectivity index (χ1v) is 4.10. The zero-order valence-electron chi connectivity index (χ0n) is 5.81. The predicted molar refractivity (Wildman–Crippen MR) is 46.6 cm³/mol. The van der Waals surface area contributed by atoms with E-state index in [1.54, 1.807) is 6.92 Å². The van der Waals surface area contributed by atoms with Crippen molar-refractivity contribution >= 4 is 22.6 Å². The second-order valence-electron chi connectivity index (χ2n) is 2.10. The molecule has 1 heterocycles. The Hall–Kier alpha value is -0.260. The highest BCUT2D eigenvalue weighted by Crippen LogP contribution is 2.24. The highest BCUT2D eigenvalue weighted by Gasteiger charge is 2.12. The van der Waals surface area contributed by atoms with Crippen molar-refractivity contribution in [1.29, 1.82) is 0 Å². The number of rotatable bonds is 1. The van der Waals surface area contributed by atoms with Gasteiger partial charge in [0.15, 0.2) is 0 Å². The Bertz CT molecular complexity index is 263. The van der Waals surface area contributed by atoms with Crippen LogP contribution in [-0.2, 0) is 0 Å². The third-order valence-electron chi connectivity index (χ3n) is 1.33. The molecular formula is C7H6F2IN. The number of hydrogen-bond acceptors (Lipinski definition) is 1. The molecule has 0 saturated carbocycles. The van der Waals surface area contributed by atoms with Crippen molar-refractivity contribution in [3.63, 3.8) is 0 Å². The number of alkyl halides is 2. The van der Waals surface area contributed by atoms with Gasteiger partial charge in [0.1, 0.15) is 0 Å². The van der Waals surface area contributed by atoms with Crippen LogP contribution in [0.5, 0.6) is 0 Å². The SMILES string of the molecule is Cc1nccc(C(F)F)c1I. The maximum absolute atomic E-state index is 12.2. The number of aryl methyl sites for hydroxylation is 1. The van der Waals surface area contributed by atoms with Crippen molar-refractivity contribution in [2.75, 3.05) is 0 Å². The van der Waals surface area contributed by atoms with Crippen molar-refractivity contribution in [1.82, 2.24) is 4.98 Å². The van der Waals surface area contributed by atoms with Gasteiger partial charge in [0.2, 0.25) is 0 Å². The molecule has 0 fully saturated rings. The molecule has 0 N–H and O–H groups in total. The summed E-state index contributed by atoms with van der Waals surface area (Å²) in [6.07, 6.45) is -0.998. The lowest BCUT2D eigenvalue weighted by Gasteiger charge is -2.03. The second kappa shape index (κ2) is 3.42. The van der Waals surface area contributed by atoms with Crippen LogP contribution >= 0.6 is 22.6 Å². The van der Waals surface area contributed by atoms with Gasteiger partial charge < -0.3 is 0 Å². The van der Waals surface area contributed by atoms with E-state index in [9.17, 15) is 8.78 Å². The van der Waals surface area contributed by atoms with Gasteiger partial charge in [-0.3, -0.25) is 4.98 Å². The quantitative estimate of drug-likeness (QED) is 0.714. The summed E-state index contributed by atoms with van der Waals surface area (Å²) >= 11 is 1.88. The highest BCUT2D eigenvalue weighted by molar-refractivity contribution is 14.1. The summed E-state index contributed by atoms with van der Waals surface area (Å²) in [6, 6.07) is 1.35. The number of aromatic nitrogens is 1. The predicted octanol–water partition coefficient (Wildman–Crippen LogP) is 2.93. The van der Waals surface area contributed by atoms with Crippen LogP contribution in [0.1, 0.15) is 17.7 Å². The molecule has 0 aliphatic carbocycles. The minimum atomic E-state index is -2.40. The molecule has 0 amide bonds. The van der Waals surface area contributed by atoms with Crippen LogP contribution in [0.25, 0.3) is 0 Å². The lowest BCUT2D eigenvalue weighted by Crippen LogP contribution is -1.94. The Morgan fingerprint density at radius 2 is 2.18 bits per heavy atom. The second-order valence-corrected chi connectivity index (χ2v) is 3.18. The maximum Gasteiger partial charge on any atom is 0.264 e.